The minimum atomic E-state index is -0.363. The van der Waals surface area contributed by atoms with Crippen LogP contribution in [0.4, 0.5) is 17.1 Å². The molecule has 3 nitrogen and oxygen atoms in total. The molecule has 0 N–H and O–H groups in total. The third-order valence-corrected chi connectivity index (χ3v) is 18.0. The third-order valence-electron chi connectivity index (χ3n) is 18.0. The lowest BCUT2D eigenvalue weighted by Gasteiger charge is -2.32. The lowest BCUT2D eigenvalue weighted by atomic mass is 9.72. The van der Waals surface area contributed by atoms with E-state index in [1.165, 1.54) is 105 Å². The molecule has 3 heteroatoms. The van der Waals surface area contributed by atoms with Gasteiger partial charge in [-0.25, -0.2) is 0 Å². The number of benzene rings is 11. The second-order valence-electron chi connectivity index (χ2n) is 23.1. The van der Waals surface area contributed by atoms with Crippen molar-refractivity contribution in [1.29, 1.82) is 0 Å². The Labute approximate surface area is 442 Å². The van der Waals surface area contributed by atoms with E-state index in [4.69, 9.17) is 8.83 Å². The van der Waals surface area contributed by atoms with Crippen molar-refractivity contribution in [3.8, 4) is 55.6 Å². The van der Waals surface area contributed by atoms with Crippen LogP contribution in [0.3, 0.4) is 0 Å². The second-order valence-corrected chi connectivity index (χ2v) is 23.1. The Morgan fingerprint density at radius 1 is 0.329 bits per heavy atom. The molecule has 0 amide bonds. The number of anilines is 3. The van der Waals surface area contributed by atoms with Gasteiger partial charge in [0.25, 0.3) is 0 Å². The average molecular weight is 976 g/mol. The molecule has 0 bridgehead atoms. The number of para-hydroxylation sites is 2. The van der Waals surface area contributed by atoms with Crippen LogP contribution in [0.5, 0.6) is 0 Å². The molecule has 0 saturated heterocycles. The van der Waals surface area contributed by atoms with E-state index in [0.717, 1.165) is 55.9 Å². The van der Waals surface area contributed by atoms with E-state index in [1.54, 1.807) is 0 Å². The zero-order valence-electron chi connectivity index (χ0n) is 43.5. The predicted molar refractivity (Wildman–Crippen MR) is 317 cm³/mol. The lowest BCUT2D eigenvalue weighted by molar-refractivity contribution is 0.600. The van der Waals surface area contributed by atoms with Gasteiger partial charge in [0.1, 0.15) is 22.3 Å². The third kappa shape index (κ3) is 5.62. The van der Waals surface area contributed by atoms with Gasteiger partial charge in [-0.05, 0) is 132 Å². The Kier molecular flexibility index (Phi) is 8.65. The monoisotopic (exact) mass is 975 g/mol. The normalized spacial score (nSPS) is 15.0. The zero-order chi connectivity index (χ0) is 51.0. The summed E-state index contributed by atoms with van der Waals surface area (Å²) in [5.74, 6) is 0. The first kappa shape index (κ1) is 43.5. The molecule has 0 saturated carbocycles. The number of furan rings is 2. The molecule has 0 atom stereocenters. The van der Waals surface area contributed by atoms with Crippen molar-refractivity contribution in [3.63, 3.8) is 0 Å². The molecule has 0 fully saturated rings. The van der Waals surface area contributed by atoms with Crippen LogP contribution in [0, 0.1) is 0 Å². The largest absolute Gasteiger partial charge is 0.455 e. The lowest BCUT2D eigenvalue weighted by Crippen LogP contribution is -2.24. The predicted octanol–water partition coefficient (Wildman–Crippen LogP) is 20.4. The molecule has 0 spiro atoms. The quantitative estimate of drug-likeness (QED) is 0.172. The molecule has 11 aromatic carbocycles. The highest BCUT2D eigenvalue weighted by molar-refractivity contribution is 6.22. The van der Waals surface area contributed by atoms with Gasteiger partial charge in [-0.2, -0.15) is 0 Å². The smallest absolute Gasteiger partial charge is 0.144 e. The number of fused-ring (bicyclic) bond motifs is 20. The minimum absolute atomic E-state index is 0.227. The van der Waals surface area contributed by atoms with Crippen LogP contribution >= 0.6 is 0 Å². The van der Waals surface area contributed by atoms with Crippen molar-refractivity contribution < 1.29 is 8.83 Å². The fourth-order valence-corrected chi connectivity index (χ4v) is 14.5. The Balaban J connectivity index is 0.922. The molecule has 3 aliphatic rings. The van der Waals surface area contributed by atoms with Crippen LogP contribution in [0.1, 0.15) is 74.9 Å². The molecule has 2 heterocycles. The highest BCUT2D eigenvalue weighted by Gasteiger charge is 2.49. The van der Waals surface area contributed by atoms with E-state index in [1.807, 2.05) is 0 Å². The Hall–Kier alpha value is -8.92. The summed E-state index contributed by atoms with van der Waals surface area (Å²) in [5.41, 5.74) is 26.5. The Bertz CT molecular complexity index is 4670. The molecule has 0 aliphatic heterocycles. The summed E-state index contributed by atoms with van der Waals surface area (Å²) >= 11 is 0. The maximum absolute atomic E-state index is 7.09. The van der Waals surface area contributed by atoms with Crippen LogP contribution in [0.2, 0.25) is 0 Å². The van der Waals surface area contributed by atoms with E-state index in [-0.39, 0.29) is 16.2 Å². The van der Waals surface area contributed by atoms with Crippen LogP contribution in [0.25, 0.3) is 110 Å². The summed E-state index contributed by atoms with van der Waals surface area (Å²) in [6, 6.07) is 78.3. The van der Waals surface area contributed by atoms with E-state index in [0.29, 0.717) is 0 Å². The summed E-state index contributed by atoms with van der Waals surface area (Å²) in [6.07, 6.45) is 0. The van der Waals surface area contributed by atoms with Crippen molar-refractivity contribution in [2.24, 2.45) is 0 Å². The van der Waals surface area contributed by atoms with Crippen molar-refractivity contribution in [2.45, 2.75) is 57.8 Å². The van der Waals surface area contributed by atoms with Gasteiger partial charge in [-0.3, -0.25) is 0 Å². The van der Waals surface area contributed by atoms with Crippen molar-refractivity contribution in [1.82, 2.24) is 0 Å². The van der Waals surface area contributed by atoms with Gasteiger partial charge >= 0.3 is 0 Å². The molecule has 362 valence electrons. The molecule has 0 radical (unpaired) electrons. The fraction of sp³-hybridized carbons (Fsp3) is 0.123. The molecule has 13 aromatic rings. The van der Waals surface area contributed by atoms with Crippen LogP contribution in [-0.4, -0.2) is 0 Å². The molecular weight excluding hydrogens is 923 g/mol. The highest BCUT2D eigenvalue weighted by atomic mass is 16.3. The van der Waals surface area contributed by atoms with Gasteiger partial charge in [0.05, 0.1) is 5.69 Å². The number of hydrogen-bond donors (Lipinski definition) is 0. The average Bonchev–Trinajstić information content (AvgIpc) is 4.25. The van der Waals surface area contributed by atoms with Gasteiger partial charge in [0, 0.05) is 65.7 Å². The first-order valence-corrected chi connectivity index (χ1v) is 26.8. The van der Waals surface area contributed by atoms with E-state index in [9.17, 15) is 0 Å². The number of rotatable bonds is 5. The maximum Gasteiger partial charge on any atom is 0.144 e. The van der Waals surface area contributed by atoms with Crippen molar-refractivity contribution >= 4 is 71.7 Å². The van der Waals surface area contributed by atoms with Gasteiger partial charge in [0.2, 0.25) is 0 Å². The first-order chi connectivity index (χ1) is 37.0. The molecule has 0 unspecified atom stereocenters. The minimum Gasteiger partial charge on any atom is -0.455 e. The van der Waals surface area contributed by atoms with E-state index >= 15 is 0 Å². The van der Waals surface area contributed by atoms with Gasteiger partial charge in [-0.1, -0.05) is 205 Å². The summed E-state index contributed by atoms with van der Waals surface area (Å²) in [4.78, 5) is 2.52. The van der Waals surface area contributed by atoms with Gasteiger partial charge in [0.15, 0.2) is 0 Å². The Morgan fingerprint density at radius 2 is 0.842 bits per heavy atom. The molecule has 3 aliphatic carbocycles. The van der Waals surface area contributed by atoms with Gasteiger partial charge in [-0.15, -0.1) is 0 Å². The maximum atomic E-state index is 7.09. The summed E-state index contributed by atoms with van der Waals surface area (Å²) in [5, 5.41) is 7.11. The molecule has 16 rings (SSSR count). The van der Waals surface area contributed by atoms with E-state index < -0.39 is 0 Å². The van der Waals surface area contributed by atoms with Gasteiger partial charge < -0.3 is 13.7 Å². The van der Waals surface area contributed by atoms with Crippen LogP contribution in [-0.2, 0) is 16.2 Å². The molecule has 76 heavy (non-hydrogen) atoms. The standard InChI is InChI=1S/C73H53NO2/c1-71(2)56-39-44(35-37-50(56)62-58(71)41-54(69-64(62)52-29-15-18-33-60(52)75-69)48-27-13-12-25-46(48)42-21-8-7-9-22-42)74(59-32-20-24-43-23-10-11-26-47(43)59)45-36-38-51-57(40-45)73(5,6)68-66(51)70-65(53-30-16-19-34-61(53)76-70)63-49-28-14-17-31-55(49)72(3,4)67(63)68/h7-41H,1-6H3. The van der Waals surface area contributed by atoms with Crippen molar-refractivity contribution in [2.75, 3.05) is 4.90 Å². The highest BCUT2D eigenvalue weighted by Crippen LogP contribution is 2.64. The van der Waals surface area contributed by atoms with Crippen molar-refractivity contribution in [3.05, 3.63) is 246 Å². The first-order valence-electron chi connectivity index (χ1n) is 26.8. The topological polar surface area (TPSA) is 29.5 Å². The number of hydrogen-bond acceptors (Lipinski definition) is 3. The summed E-state index contributed by atoms with van der Waals surface area (Å²) < 4.78 is 14.1. The van der Waals surface area contributed by atoms with Crippen LogP contribution < -0.4 is 4.90 Å². The zero-order valence-corrected chi connectivity index (χ0v) is 43.5. The number of nitrogens with zero attached hydrogens (tertiary/aromatic N) is 1. The fourth-order valence-electron chi connectivity index (χ4n) is 14.5. The second kappa shape index (κ2) is 15.1. The summed E-state index contributed by atoms with van der Waals surface area (Å²) in [6.45, 7) is 14.6. The van der Waals surface area contributed by atoms with Crippen LogP contribution in [0.15, 0.2) is 221 Å². The SMILES string of the molecule is CC1(C)c2cc(N(c3ccc4c(c3)C(C)(C)c3c5c(c6c(oc7ccccc76)c3-4)-c3ccccc3C5(C)C)c3cccc4ccccc34)ccc2-c2c1cc(-c1ccccc1-c1ccccc1)c1oc3ccccc3c21. The molecular formula is C73H53NO2. The van der Waals surface area contributed by atoms with E-state index in [2.05, 4.69) is 259 Å². The molecule has 2 aromatic heterocycles. The summed E-state index contributed by atoms with van der Waals surface area (Å²) in [7, 11) is 0. The Morgan fingerprint density at radius 3 is 1.57 bits per heavy atom.